The summed E-state index contributed by atoms with van der Waals surface area (Å²) in [6.07, 6.45) is 0. The van der Waals surface area contributed by atoms with Crippen molar-refractivity contribution >= 4 is 60.9 Å². The minimum Gasteiger partial charge on any atom is -0.456 e. The highest BCUT2D eigenvalue weighted by Gasteiger charge is 2.24. The lowest BCUT2D eigenvalue weighted by Gasteiger charge is -2.32. The summed E-state index contributed by atoms with van der Waals surface area (Å²) < 4.78 is 12.8. The van der Waals surface area contributed by atoms with Gasteiger partial charge in [0.05, 0.1) is 0 Å². The van der Waals surface area contributed by atoms with Crippen LogP contribution in [-0.2, 0) is 5.41 Å². The zero-order valence-corrected chi connectivity index (χ0v) is 27.6. The molecule has 4 heteroatoms. The molecule has 9 rings (SSSR count). The molecular weight excluding hydrogens is 601 g/mol. The number of anilines is 3. The van der Waals surface area contributed by atoms with Crippen LogP contribution in [-0.4, -0.2) is 4.98 Å². The third kappa shape index (κ3) is 4.96. The maximum absolute atomic E-state index is 6.57. The molecule has 0 aliphatic rings. The van der Waals surface area contributed by atoms with Crippen LogP contribution in [0.25, 0.3) is 66.4 Å². The third-order valence-electron chi connectivity index (χ3n) is 9.44. The molecule has 0 amide bonds. The summed E-state index contributed by atoms with van der Waals surface area (Å²) in [5.41, 5.74) is 10.9. The van der Waals surface area contributed by atoms with Gasteiger partial charge in [-0.05, 0) is 87.5 Å². The molecule has 0 spiro atoms. The number of para-hydroxylation sites is 3. The van der Waals surface area contributed by atoms with Crippen molar-refractivity contribution in [2.45, 2.75) is 26.2 Å². The fourth-order valence-electron chi connectivity index (χ4n) is 7.12. The van der Waals surface area contributed by atoms with Crippen molar-refractivity contribution in [3.8, 4) is 22.6 Å². The van der Waals surface area contributed by atoms with Crippen molar-refractivity contribution in [3.63, 3.8) is 0 Å². The molecule has 236 valence electrons. The molecule has 0 saturated heterocycles. The lowest BCUT2D eigenvalue weighted by atomic mass is 9.85. The number of furan rings is 1. The Morgan fingerprint density at radius 3 is 2.08 bits per heavy atom. The van der Waals surface area contributed by atoms with Crippen LogP contribution in [0.3, 0.4) is 0 Å². The maximum Gasteiger partial charge on any atom is 0.228 e. The zero-order chi connectivity index (χ0) is 33.1. The molecule has 0 saturated carbocycles. The Bertz CT molecular complexity index is 2620. The third-order valence-corrected chi connectivity index (χ3v) is 9.44. The van der Waals surface area contributed by atoms with Gasteiger partial charge in [0.15, 0.2) is 5.58 Å². The van der Waals surface area contributed by atoms with Crippen LogP contribution in [0.4, 0.5) is 17.1 Å². The lowest BCUT2D eigenvalue weighted by Crippen LogP contribution is -2.19. The number of benzene rings is 7. The van der Waals surface area contributed by atoms with E-state index in [9.17, 15) is 0 Å². The quantitative estimate of drug-likeness (QED) is 0.189. The Morgan fingerprint density at radius 1 is 0.531 bits per heavy atom. The number of aromatic nitrogens is 1. The van der Waals surface area contributed by atoms with Gasteiger partial charge in [-0.3, -0.25) is 0 Å². The summed E-state index contributed by atoms with van der Waals surface area (Å²) in [7, 11) is 0. The van der Waals surface area contributed by atoms with E-state index in [1.807, 2.05) is 36.4 Å². The van der Waals surface area contributed by atoms with Gasteiger partial charge in [0.25, 0.3) is 0 Å². The Balaban J connectivity index is 1.20. The topological polar surface area (TPSA) is 42.4 Å². The van der Waals surface area contributed by atoms with Gasteiger partial charge in [-0.2, -0.15) is 0 Å². The molecule has 2 aromatic heterocycles. The summed E-state index contributed by atoms with van der Waals surface area (Å²) in [4.78, 5) is 7.16. The van der Waals surface area contributed by atoms with Crippen molar-refractivity contribution < 1.29 is 8.83 Å². The standard InChI is InChI=1S/C45H34N2O2/c1-45(2,3)37-17-6-8-19-39(37)47(31-24-22-30(23-25-31)34-15-10-13-29-12-4-5-14-33(29)34)32-26-27-35-42(28-32)48-41-21-11-16-36(43(35)41)44-46-38-18-7-9-20-40(38)49-44/h4-28H,1-3H3. The molecule has 0 fully saturated rings. The van der Waals surface area contributed by atoms with E-state index >= 15 is 0 Å². The van der Waals surface area contributed by atoms with Crippen molar-refractivity contribution in [1.82, 2.24) is 4.98 Å². The smallest absolute Gasteiger partial charge is 0.228 e. The fourth-order valence-corrected chi connectivity index (χ4v) is 7.12. The summed E-state index contributed by atoms with van der Waals surface area (Å²) in [5.74, 6) is 0.589. The van der Waals surface area contributed by atoms with Gasteiger partial charge in [-0.15, -0.1) is 0 Å². The molecule has 2 heterocycles. The van der Waals surface area contributed by atoms with E-state index in [4.69, 9.17) is 13.8 Å². The second-order valence-corrected chi connectivity index (χ2v) is 13.6. The molecule has 0 atom stereocenters. The summed E-state index contributed by atoms with van der Waals surface area (Å²) in [5, 5.41) is 4.51. The van der Waals surface area contributed by atoms with Crippen molar-refractivity contribution in [2.24, 2.45) is 0 Å². The minimum absolute atomic E-state index is 0.0737. The van der Waals surface area contributed by atoms with Crippen molar-refractivity contribution in [3.05, 3.63) is 157 Å². The molecule has 4 nitrogen and oxygen atoms in total. The van der Waals surface area contributed by atoms with Crippen LogP contribution >= 0.6 is 0 Å². The lowest BCUT2D eigenvalue weighted by molar-refractivity contribution is 0.591. The molecule has 0 unspecified atom stereocenters. The SMILES string of the molecule is CC(C)(C)c1ccccc1N(c1ccc(-c2cccc3ccccc23)cc1)c1ccc2c(c1)oc1cccc(-c3nc4ccccc4o3)c12. The van der Waals surface area contributed by atoms with Gasteiger partial charge in [-0.25, -0.2) is 4.98 Å². The molecule has 0 N–H and O–H groups in total. The Hall–Kier alpha value is -6.13. The average molecular weight is 635 g/mol. The first kappa shape index (κ1) is 29.0. The Morgan fingerprint density at radius 2 is 1.22 bits per heavy atom. The molecule has 0 aliphatic heterocycles. The molecule has 0 radical (unpaired) electrons. The van der Waals surface area contributed by atoms with Gasteiger partial charge >= 0.3 is 0 Å². The molecule has 49 heavy (non-hydrogen) atoms. The van der Waals surface area contributed by atoms with E-state index in [1.165, 1.54) is 27.5 Å². The summed E-state index contributed by atoms with van der Waals surface area (Å²) in [6, 6.07) is 53.1. The van der Waals surface area contributed by atoms with Gasteiger partial charge in [0.1, 0.15) is 16.7 Å². The van der Waals surface area contributed by atoms with Crippen LogP contribution in [0.2, 0.25) is 0 Å². The van der Waals surface area contributed by atoms with Crippen LogP contribution < -0.4 is 4.90 Å². The molecule has 7 aromatic carbocycles. The minimum atomic E-state index is -0.0737. The van der Waals surface area contributed by atoms with E-state index in [2.05, 4.69) is 141 Å². The first-order chi connectivity index (χ1) is 23.9. The summed E-state index contributed by atoms with van der Waals surface area (Å²) >= 11 is 0. The number of hydrogen-bond donors (Lipinski definition) is 0. The second-order valence-electron chi connectivity index (χ2n) is 13.6. The van der Waals surface area contributed by atoms with E-state index in [0.717, 1.165) is 55.7 Å². The molecular formula is C45H34N2O2. The van der Waals surface area contributed by atoms with Gasteiger partial charge in [-0.1, -0.05) is 112 Å². The Kier molecular flexibility index (Phi) is 6.66. The first-order valence-electron chi connectivity index (χ1n) is 16.7. The van der Waals surface area contributed by atoms with Crippen LogP contribution in [0.1, 0.15) is 26.3 Å². The van der Waals surface area contributed by atoms with E-state index in [-0.39, 0.29) is 5.41 Å². The van der Waals surface area contributed by atoms with E-state index < -0.39 is 0 Å². The molecule has 0 bridgehead atoms. The highest BCUT2D eigenvalue weighted by molar-refractivity contribution is 6.12. The van der Waals surface area contributed by atoms with Crippen molar-refractivity contribution in [1.29, 1.82) is 0 Å². The number of fused-ring (bicyclic) bond motifs is 5. The van der Waals surface area contributed by atoms with Crippen LogP contribution in [0.5, 0.6) is 0 Å². The predicted molar refractivity (Wildman–Crippen MR) is 203 cm³/mol. The normalized spacial score (nSPS) is 12.0. The van der Waals surface area contributed by atoms with Crippen molar-refractivity contribution in [2.75, 3.05) is 4.90 Å². The number of rotatable bonds is 5. The fraction of sp³-hybridized carbons (Fsp3) is 0.0889. The highest BCUT2D eigenvalue weighted by atomic mass is 16.3. The number of oxazole rings is 1. The first-order valence-corrected chi connectivity index (χ1v) is 16.7. The maximum atomic E-state index is 6.57. The number of hydrogen-bond acceptors (Lipinski definition) is 4. The van der Waals surface area contributed by atoms with E-state index in [0.29, 0.717) is 5.89 Å². The largest absolute Gasteiger partial charge is 0.456 e. The predicted octanol–water partition coefficient (Wildman–Crippen LogP) is 13.0. The second kappa shape index (κ2) is 11.2. The van der Waals surface area contributed by atoms with Gasteiger partial charge in [0.2, 0.25) is 5.89 Å². The van der Waals surface area contributed by atoms with Crippen LogP contribution in [0, 0.1) is 0 Å². The summed E-state index contributed by atoms with van der Waals surface area (Å²) in [6.45, 7) is 6.80. The van der Waals surface area contributed by atoms with Crippen LogP contribution in [0.15, 0.2) is 160 Å². The Labute approximate surface area is 284 Å². The average Bonchev–Trinajstić information content (AvgIpc) is 3.73. The zero-order valence-electron chi connectivity index (χ0n) is 27.6. The van der Waals surface area contributed by atoms with Gasteiger partial charge in [0, 0.05) is 39.5 Å². The monoisotopic (exact) mass is 634 g/mol. The molecule has 9 aromatic rings. The van der Waals surface area contributed by atoms with E-state index in [1.54, 1.807) is 0 Å². The highest BCUT2D eigenvalue weighted by Crippen LogP contribution is 2.44. The number of nitrogens with zero attached hydrogens (tertiary/aromatic N) is 2. The van der Waals surface area contributed by atoms with Gasteiger partial charge < -0.3 is 13.7 Å². The molecule has 0 aliphatic carbocycles.